The highest BCUT2D eigenvalue weighted by Gasteiger charge is 2.49. The highest BCUT2D eigenvalue weighted by molar-refractivity contribution is 6.90. The van der Waals surface area contributed by atoms with E-state index in [9.17, 15) is 9.59 Å². The monoisotopic (exact) mass is 509 g/mol. The first-order chi connectivity index (χ1) is 13.7. The number of hydrogen-bond acceptors (Lipinski definition) is 7. The van der Waals surface area contributed by atoms with Crippen LogP contribution >= 0.6 is 0 Å². The zero-order chi connectivity index (χ0) is 24.7. The average Bonchev–Trinajstić information content (AvgIpc) is 2.46. The standard InChI is InChI=1S/C19H43NO7Si4/c1-16(2)18(21)24-17(15-23-19(20)22)13-12-14-31(25-28(3,4)5,26-29(6,7)8)27-30(9,10)11/h17H,1,12-15H2,2-11H3,(H2,20,22). The van der Waals surface area contributed by atoms with Crippen LogP contribution in [0.4, 0.5) is 4.79 Å². The van der Waals surface area contributed by atoms with Crippen molar-refractivity contribution in [3.8, 4) is 0 Å². The summed E-state index contributed by atoms with van der Waals surface area (Å²) in [4.78, 5) is 23.0. The molecule has 0 aromatic carbocycles. The number of esters is 1. The third kappa shape index (κ3) is 15.6. The lowest BCUT2D eigenvalue weighted by atomic mass is 10.2. The molecule has 0 aromatic rings. The van der Waals surface area contributed by atoms with Crippen LogP contribution in [-0.2, 0) is 26.6 Å². The summed E-state index contributed by atoms with van der Waals surface area (Å²) in [5, 5.41) is 0. The molecule has 0 aliphatic rings. The molecular weight excluding hydrogens is 467 g/mol. The Bertz CT molecular complexity index is 583. The van der Waals surface area contributed by atoms with Gasteiger partial charge in [0.25, 0.3) is 0 Å². The van der Waals surface area contributed by atoms with Crippen molar-refractivity contribution in [2.75, 3.05) is 6.61 Å². The van der Waals surface area contributed by atoms with Crippen LogP contribution in [0, 0.1) is 0 Å². The fourth-order valence-electron chi connectivity index (χ4n) is 2.76. The van der Waals surface area contributed by atoms with Crippen molar-refractivity contribution in [1.82, 2.24) is 0 Å². The molecule has 1 atom stereocenters. The Morgan fingerprint density at radius 3 is 1.61 bits per heavy atom. The highest BCUT2D eigenvalue weighted by atomic mass is 28.5. The largest absolute Gasteiger partial charge is 0.469 e. The molecule has 0 aliphatic heterocycles. The molecule has 0 aromatic heterocycles. The van der Waals surface area contributed by atoms with E-state index in [0.29, 0.717) is 18.9 Å². The second-order valence-electron chi connectivity index (χ2n) is 10.7. The number of primary amides is 1. The van der Waals surface area contributed by atoms with Crippen molar-refractivity contribution in [3.63, 3.8) is 0 Å². The average molecular weight is 510 g/mol. The molecule has 0 saturated heterocycles. The van der Waals surface area contributed by atoms with E-state index in [0.717, 1.165) is 0 Å². The van der Waals surface area contributed by atoms with Crippen LogP contribution in [0.15, 0.2) is 12.2 Å². The quantitative estimate of drug-likeness (QED) is 0.203. The van der Waals surface area contributed by atoms with E-state index < -0.39 is 51.9 Å². The first-order valence-corrected chi connectivity index (χ1v) is 22.8. The van der Waals surface area contributed by atoms with E-state index in [-0.39, 0.29) is 12.2 Å². The van der Waals surface area contributed by atoms with Crippen molar-refractivity contribution >= 4 is 45.8 Å². The molecule has 0 bridgehead atoms. The lowest BCUT2D eigenvalue weighted by Crippen LogP contribution is -2.60. The molecule has 12 heteroatoms. The van der Waals surface area contributed by atoms with E-state index in [2.05, 4.69) is 65.5 Å². The molecule has 1 unspecified atom stereocenters. The first kappa shape index (κ1) is 30.2. The minimum Gasteiger partial charge on any atom is -0.455 e. The minimum atomic E-state index is -2.98. The molecule has 1 amide bonds. The van der Waals surface area contributed by atoms with Gasteiger partial charge in [-0.1, -0.05) is 6.58 Å². The van der Waals surface area contributed by atoms with E-state index in [1.54, 1.807) is 6.92 Å². The minimum absolute atomic E-state index is 0.110. The second kappa shape index (κ2) is 11.9. The normalized spacial score (nSPS) is 14.1. The molecule has 0 rings (SSSR count). The second-order valence-corrected chi connectivity index (χ2v) is 27.6. The maximum Gasteiger partial charge on any atom is 0.469 e. The maximum absolute atomic E-state index is 12.0. The molecule has 0 fully saturated rings. The maximum atomic E-state index is 12.0. The van der Waals surface area contributed by atoms with Crippen LogP contribution in [0.1, 0.15) is 19.8 Å². The van der Waals surface area contributed by atoms with E-state index in [1.165, 1.54) is 0 Å². The Kier molecular flexibility index (Phi) is 11.6. The summed E-state index contributed by atoms with van der Waals surface area (Å²) in [6, 6.07) is 0.601. The van der Waals surface area contributed by atoms with E-state index in [4.69, 9.17) is 27.6 Å². The molecule has 2 N–H and O–H groups in total. The molecule has 0 heterocycles. The third-order valence-corrected chi connectivity index (χ3v) is 15.5. The Labute approximate surface area is 192 Å². The van der Waals surface area contributed by atoms with Crippen molar-refractivity contribution in [2.45, 2.75) is 90.8 Å². The number of hydrogen-bond donors (Lipinski definition) is 1. The lowest BCUT2D eigenvalue weighted by Gasteiger charge is -2.43. The van der Waals surface area contributed by atoms with Gasteiger partial charge < -0.3 is 27.6 Å². The molecule has 0 saturated carbocycles. The van der Waals surface area contributed by atoms with Crippen molar-refractivity contribution in [2.24, 2.45) is 5.73 Å². The van der Waals surface area contributed by atoms with Gasteiger partial charge >= 0.3 is 20.9 Å². The number of ether oxygens (including phenoxy) is 2. The SMILES string of the molecule is C=C(C)C(=O)OC(CCC[Si](O[Si](C)(C)C)(O[Si](C)(C)C)O[Si](C)(C)C)COC(N)=O. The summed E-state index contributed by atoms with van der Waals surface area (Å²) in [6.45, 7) is 24.3. The summed E-state index contributed by atoms with van der Waals surface area (Å²) >= 11 is 0. The number of nitrogens with two attached hydrogens (primary N) is 1. The van der Waals surface area contributed by atoms with Gasteiger partial charge in [-0.25, -0.2) is 9.59 Å². The number of carbonyl (C=O) groups excluding carboxylic acids is 2. The van der Waals surface area contributed by atoms with Crippen LogP contribution in [-0.4, -0.2) is 58.5 Å². The fourth-order valence-corrected chi connectivity index (χ4v) is 17.4. The molecule has 31 heavy (non-hydrogen) atoms. The fraction of sp³-hybridized carbons (Fsp3) is 0.789. The van der Waals surface area contributed by atoms with Crippen LogP contribution in [0.5, 0.6) is 0 Å². The van der Waals surface area contributed by atoms with Crippen molar-refractivity contribution in [1.29, 1.82) is 0 Å². The van der Waals surface area contributed by atoms with Gasteiger partial charge in [-0.3, -0.25) is 0 Å². The zero-order valence-corrected chi connectivity index (χ0v) is 25.0. The summed E-state index contributed by atoms with van der Waals surface area (Å²) in [5.41, 5.74) is 5.36. The van der Waals surface area contributed by atoms with Crippen molar-refractivity contribution < 1.29 is 31.4 Å². The molecular formula is C19H43NO7Si4. The van der Waals surface area contributed by atoms with Crippen LogP contribution < -0.4 is 5.73 Å². The topological polar surface area (TPSA) is 106 Å². The Hall–Kier alpha value is -0.772. The van der Waals surface area contributed by atoms with Crippen LogP contribution in [0.2, 0.25) is 65.0 Å². The molecule has 0 aliphatic carbocycles. The summed E-state index contributed by atoms with van der Waals surface area (Å²) in [6.07, 6.45) is -0.456. The molecule has 8 nitrogen and oxygen atoms in total. The highest BCUT2D eigenvalue weighted by Crippen LogP contribution is 2.30. The van der Waals surface area contributed by atoms with E-state index in [1.807, 2.05) is 0 Å². The Balaban J connectivity index is 5.59. The predicted octanol–water partition coefficient (Wildman–Crippen LogP) is 4.84. The smallest absolute Gasteiger partial charge is 0.455 e. The van der Waals surface area contributed by atoms with Crippen molar-refractivity contribution in [3.05, 3.63) is 12.2 Å². The van der Waals surface area contributed by atoms with Crippen LogP contribution in [0.3, 0.4) is 0 Å². The zero-order valence-electron chi connectivity index (χ0n) is 21.0. The number of carbonyl (C=O) groups is 2. The predicted molar refractivity (Wildman–Crippen MR) is 133 cm³/mol. The molecule has 182 valence electrons. The summed E-state index contributed by atoms with van der Waals surface area (Å²) < 4.78 is 30.3. The van der Waals surface area contributed by atoms with E-state index >= 15 is 0 Å². The van der Waals surface area contributed by atoms with Gasteiger partial charge in [0.15, 0.2) is 25.0 Å². The van der Waals surface area contributed by atoms with Gasteiger partial charge in [0.05, 0.1) is 0 Å². The van der Waals surface area contributed by atoms with Gasteiger partial charge in [-0.15, -0.1) is 0 Å². The summed E-state index contributed by atoms with van der Waals surface area (Å²) in [5.74, 6) is -0.531. The van der Waals surface area contributed by atoms with Gasteiger partial charge in [0.2, 0.25) is 0 Å². The summed E-state index contributed by atoms with van der Waals surface area (Å²) in [7, 11) is -8.88. The molecule has 0 spiro atoms. The third-order valence-electron chi connectivity index (χ3n) is 3.43. The lowest BCUT2D eigenvalue weighted by molar-refractivity contribution is -0.146. The Morgan fingerprint density at radius 1 is 0.871 bits per heavy atom. The number of amides is 1. The van der Waals surface area contributed by atoms with Gasteiger partial charge in [0.1, 0.15) is 12.7 Å². The first-order valence-electron chi connectivity index (χ1n) is 10.6. The van der Waals surface area contributed by atoms with Gasteiger partial charge in [0, 0.05) is 11.6 Å². The van der Waals surface area contributed by atoms with Gasteiger partial charge in [-0.2, -0.15) is 0 Å². The Morgan fingerprint density at radius 2 is 1.29 bits per heavy atom. The van der Waals surface area contributed by atoms with Crippen LogP contribution in [0.25, 0.3) is 0 Å². The van der Waals surface area contributed by atoms with Gasteiger partial charge in [-0.05, 0) is 78.7 Å². The molecule has 0 radical (unpaired) electrons. The number of rotatable bonds is 14.